The normalized spacial score (nSPS) is 10.8. The first-order chi connectivity index (χ1) is 16.4. The van der Waals surface area contributed by atoms with E-state index in [4.69, 9.17) is 5.26 Å². The third kappa shape index (κ3) is 4.79. The Morgan fingerprint density at radius 2 is 1.76 bits per heavy atom. The van der Waals surface area contributed by atoms with E-state index in [-0.39, 0.29) is 17.5 Å². The first-order valence-corrected chi connectivity index (χ1v) is 10.9. The van der Waals surface area contributed by atoms with Crippen LogP contribution in [0, 0.1) is 17.2 Å². The fourth-order valence-corrected chi connectivity index (χ4v) is 3.57. The topological polar surface area (TPSA) is 103 Å². The summed E-state index contributed by atoms with van der Waals surface area (Å²) in [5.74, 6) is -0.00784. The molecule has 2 aromatic carbocycles. The summed E-state index contributed by atoms with van der Waals surface area (Å²) in [6.45, 7) is 4.01. The molecule has 0 radical (unpaired) electrons. The van der Waals surface area contributed by atoms with Gasteiger partial charge in [-0.2, -0.15) is 5.26 Å². The number of nitrogens with one attached hydrogen (secondary N) is 1. The van der Waals surface area contributed by atoms with Gasteiger partial charge in [0.25, 0.3) is 5.91 Å². The summed E-state index contributed by atoms with van der Waals surface area (Å²) in [7, 11) is 1.66. The van der Waals surface area contributed by atoms with Gasteiger partial charge in [-0.25, -0.2) is 9.97 Å². The van der Waals surface area contributed by atoms with Crippen LogP contribution in [-0.2, 0) is 4.79 Å². The summed E-state index contributed by atoms with van der Waals surface area (Å²) in [5.41, 5.74) is 4.47. The number of fused-ring (bicyclic) bond motifs is 1. The van der Waals surface area contributed by atoms with Gasteiger partial charge in [0, 0.05) is 36.6 Å². The summed E-state index contributed by atoms with van der Waals surface area (Å²) < 4.78 is 1.82. The van der Waals surface area contributed by atoms with Gasteiger partial charge in [-0.15, -0.1) is 0 Å². The Kier molecular flexibility index (Phi) is 6.37. The second-order valence-electron chi connectivity index (χ2n) is 8.39. The molecule has 0 saturated heterocycles. The number of hydrogen-bond donors (Lipinski definition) is 1. The zero-order valence-electron chi connectivity index (χ0n) is 19.2. The molecule has 2 amide bonds. The molecule has 2 aromatic heterocycles. The van der Waals surface area contributed by atoms with Crippen molar-refractivity contribution in [3.63, 3.8) is 0 Å². The maximum absolute atomic E-state index is 13.1. The Labute approximate surface area is 197 Å². The van der Waals surface area contributed by atoms with E-state index >= 15 is 0 Å². The predicted molar refractivity (Wildman–Crippen MR) is 130 cm³/mol. The number of nitriles is 1. The molecule has 0 aliphatic heterocycles. The highest BCUT2D eigenvalue weighted by molar-refractivity contribution is 6.04. The van der Waals surface area contributed by atoms with Gasteiger partial charge in [0.15, 0.2) is 5.65 Å². The van der Waals surface area contributed by atoms with Crippen LogP contribution >= 0.6 is 0 Å². The summed E-state index contributed by atoms with van der Waals surface area (Å²) in [6.07, 6.45) is 5.42. The second-order valence-corrected chi connectivity index (χ2v) is 8.39. The van der Waals surface area contributed by atoms with Crippen molar-refractivity contribution in [3.8, 4) is 17.3 Å². The minimum atomic E-state index is -0.283. The molecule has 8 nitrogen and oxygen atoms in total. The van der Waals surface area contributed by atoms with Gasteiger partial charge in [0.2, 0.25) is 5.91 Å². The standard InChI is InChI=1S/C26H24N6O2/c1-17(2)12-25(33)30-20-8-6-19(7-9-20)23-14-29-24-15-28-22(16-32(23)24)26(34)31(3)21-10-4-18(13-27)5-11-21/h4-11,14-17H,12H2,1-3H3,(H,30,33). The molecule has 2 heterocycles. The summed E-state index contributed by atoms with van der Waals surface area (Å²) >= 11 is 0. The fraction of sp³-hybridized carbons (Fsp3) is 0.192. The lowest BCUT2D eigenvalue weighted by atomic mass is 10.1. The molecule has 34 heavy (non-hydrogen) atoms. The lowest BCUT2D eigenvalue weighted by Gasteiger charge is -2.17. The van der Waals surface area contributed by atoms with Crippen molar-refractivity contribution in [2.24, 2.45) is 5.92 Å². The van der Waals surface area contributed by atoms with E-state index in [2.05, 4.69) is 21.4 Å². The number of nitrogens with zero attached hydrogens (tertiary/aromatic N) is 5. The molecule has 4 aromatic rings. The highest BCUT2D eigenvalue weighted by atomic mass is 16.2. The molecule has 0 aliphatic rings. The molecule has 0 bridgehead atoms. The largest absolute Gasteiger partial charge is 0.326 e. The van der Waals surface area contributed by atoms with Gasteiger partial charge in [-0.3, -0.25) is 14.0 Å². The maximum atomic E-state index is 13.1. The van der Waals surface area contributed by atoms with E-state index in [0.717, 1.165) is 16.9 Å². The van der Waals surface area contributed by atoms with Crippen molar-refractivity contribution in [1.82, 2.24) is 14.4 Å². The molecule has 170 valence electrons. The van der Waals surface area contributed by atoms with Crippen molar-refractivity contribution in [1.29, 1.82) is 5.26 Å². The van der Waals surface area contributed by atoms with Gasteiger partial charge in [-0.1, -0.05) is 26.0 Å². The van der Waals surface area contributed by atoms with Crippen LogP contribution in [0.5, 0.6) is 0 Å². The Bertz CT molecular complexity index is 1380. The number of amides is 2. The quantitative estimate of drug-likeness (QED) is 0.463. The molecule has 4 rings (SSSR count). The van der Waals surface area contributed by atoms with Gasteiger partial charge in [-0.05, 0) is 42.3 Å². The Balaban J connectivity index is 1.58. The molecule has 0 fully saturated rings. The molecule has 1 N–H and O–H groups in total. The average molecular weight is 453 g/mol. The number of rotatable bonds is 6. The molecule has 0 aliphatic carbocycles. The number of carbonyl (C=O) groups is 2. The van der Waals surface area contributed by atoms with E-state index in [9.17, 15) is 9.59 Å². The third-order valence-electron chi connectivity index (χ3n) is 5.36. The van der Waals surface area contributed by atoms with Gasteiger partial charge in [0.05, 0.1) is 29.7 Å². The summed E-state index contributed by atoms with van der Waals surface area (Å²) in [6, 6.07) is 16.3. The third-order valence-corrected chi connectivity index (χ3v) is 5.36. The van der Waals surface area contributed by atoms with Crippen LogP contribution in [0.1, 0.15) is 36.3 Å². The van der Waals surface area contributed by atoms with E-state index in [1.807, 2.05) is 42.5 Å². The Hall–Kier alpha value is -4.51. The van der Waals surface area contributed by atoms with E-state index in [0.29, 0.717) is 29.2 Å². The molecular weight excluding hydrogens is 428 g/mol. The first kappa shape index (κ1) is 22.7. The summed E-state index contributed by atoms with van der Waals surface area (Å²) in [5, 5.41) is 11.9. The van der Waals surface area contributed by atoms with Gasteiger partial charge in [0.1, 0.15) is 5.69 Å². The molecule has 0 spiro atoms. The summed E-state index contributed by atoms with van der Waals surface area (Å²) in [4.78, 5) is 35.3. The molecular formula is C26H24N6O2. The number of carbonyl (C=O) groups excluding carboxylic acids is 2. The number of benzene rings is 2. The second kappa shape index (κ2) is 9.55. The first-order valence-electron chi connectivity index (χ1n) is 10.9. The van der Waals surface area contributed by atoms with Crippen LogP contribution in [-0.4, -0.2) is 33.2 Å². The number of anilines is 2. The molecule has 0 saturated carbocycles. The van der Waals surface area contributed by atoms with Crippen molar-refractivity contribution in [2.75, 3.05) is 17.3 Å². The van der Waals surface area contributed by atoms with Crippen molar-refractivity contribution < 1.29 is 9.59 Å². The number of imidazole rings is 1. The van der Waals surface area contributed by atoms with Crippen LogP contribution in [0.25, 0.3) is 16.9 Å². The van der Waals surface area contributed by atoms with Crippen LogP contribution in [0.2, 0.25) is 0 Å². The molecule has 0 atom stereocenters. The highest BCUT2D eigenvalue weighted by Gasteiger charge is 2.17. The van der Waals surface area contributed by atoms with E-state index < -0.39 is 0 Å². The Morgan fingerprint density at radius 3 is 2.41 bits per heavy atom. The molecule has 8 heteroatoms. The lowest BCUT2D eigenvalue weighted by Crippen LogP contribution is -2.27. The highest BCUT2D eigenvalue weighted by Crippen LogP contribution is 2.24. The Morgan fingerprint density at radius 1 is 1.06 bits per heavy atom. The van der Waals surface area contributed by atoms with Crippen molar-refractivity contribution >= 4 is 28.8 Å². The van der Waals surface area contributed by atoms with Crippen LogP contribution in [0.15, 0.2) is 67.1 Å². The monoisotopic (exact) mass is 452 g/mol. The average Bonchev–Trinajstić information content (AvgIpc) is 3.26. The predicted octanol–water partition coefficient (Wildman–Crippen LogP) is 4.53. The van der Waals surface area contributed by atoms with Crippen LogP contribution in [0.4, 0.5) is 11.4 Å². The zero-order valence-corrected chi connectivity index (χ0v) is 19.2. The number of hydrogen-bond acceptors (Lipinski definition) is 5. The lowest BCUT2D eigenvalue weighted by molar-refractivity contribution is -0.116. The fourth-order valence-electron chi connectivity index (χ4n) is 3.57. The minimum absolute atomic E-state index is 0.0156. The maximum Gasteiger partial charge on any atom is 0.278 e. The van der Waals surface area contributed by atoms with E-state index in [1.54, 1.807) is 49.9 Å². The van der Waals surface area contributed by atoms with Crippen molar-refractivity contribution in [2.45, 2.75) is 20.3 Å². The molecule has 0 unspecified atom stereocenters. The minimum Gasteiger partial charge on any atom is -0.326 e. The van der Waals surface area contributed by atoms with Crippen LogP contribution < -0.4 is 10.2 Å². The van der Waals surface area contributed by atoms with Crippen molar-refractivity contribution in [3.05, 3.63) is 78.4 Å². The number of aromatic nitrogens is 3. The van der Waals surface area contributed by atoms with E-state index in [1.165, 1.54) is 4.90 Å². The van der Waals surface area contributed by atoms with Gasteiger partial charge >= 0.3 is 0 Å². The zero-order chi connectivity index (χ0) is 24.2. The van der Waals surface area contributed by atoms with Gasteiger partial charge < -0.3 is 10.2 Å². The smallest absolute Gasteiger partial charge is 0.278 e. The van der Waals surface area contributed by atoms with Crippen LogP contribution in [0.3, 0.4) is 0 Å². The SMILES string of the molecule is CC(C)CC(=O)Nc1ccc(-c2cnc3cnc(C(=O)N(C)c4ccc(C#N)cc4)cn23)cc1.